The van der Waals surface area contributed by atoms with Gasteiger partial charge in [-0.15, -0.1) is 0 Å². The lowest BCUT2D eigenvalue weighted by Crippen LogP contribution is -2.29. The van der Waals surface area contributed by atoms with Crippen molar-refractivity contribution in [2.45, 2.75) is 13.0 Å². The average Bonchev–Trinajstić information content (AvgIpc) is 2.55. The molecule has 0 unspecified atom stereocenters. The van der Waals surface area contributed by atoms with E-state index in [2.05, 4.69) is 15.9 Å². The number of amides is 1. The number of methoxy groups -OCH3 is 1. The molecule has 0 radical (unpaired) electrons. The van der Waals surface area contributed by atoms with Gasteiger partial charge in [-0.1, -0.05) is 23.7 Å². The summed E-state index contributed by atoms with van der Waals surface area (Å²) in [7, 11) is 1.52. The quantitative estimate of drug-likeness (QED) is 0.672. The molecule has 0 fully saturated rings. The SMILES string of the molecule is COc1ccc(CN(C(=O)O)c2cc(C(F)F)cc(Br)c2Cl)cc1. The van der Waals surface area contributed by atoms with Crippen molar-refractivity contribution in [2.75, 3.05) is 12.0 Å². The fourth-order valence-corrected chi connectivity index (χ4v) is 2.77. The monoisotopic (exact) mass is 419 g/mol. The number of hydrogen-bond donors (Lipinski definition) is 1. The van der Waals surface area contributed by atoms with E-state index in [4.69, 9.17) is 16.3 Å². The molecule has 0 heterocycles. The van der Waals surface area contributed by atoms with Crippen molar-refractivity contribution in [2.24, 2.45) is 0 Å². The zero-order valence-corrected chi connectivity index (χ0v) is 14.8. The molecule has 0 spiro atoms. The average molecular weight is 421 g/mol. The molecule has 0 aliphatic carbocycles. The molecule has 0 saturated carbocycles. The molecule has 128 valence electrons. The maximum atomic E-state index is 13.0. The zero-order valence-electron chi connectivity index (χ0n) is 12.5. The highest BCUT2D eigenvalue weighted by molar-refractivity contribution is 9.10. The van der Waals surface area contributed by atoms with Crippen molar-refractivity contribution in [1.82, 2.24) is 0 Å². The summed E-state index contributed by atoms with van der Waals surface area (Å²) in [6.45, 7) is -0.0435. The Labute approximate surface area is 150 Å². The highest BCUT2D eigenvalue weighted by Crippen LogP contribution is 2.38. The minimum atomic E-state index is -2.74. The van der Waals surface area contributed by atoms with E-state index in [-0.39, 0.29) is 27.3 Å². The summed E-state index contributed by atoms with van der Waals surface area (Å²) in [4.78, 5) is 12.5. The third-order valence-electron chi connectivity index (χ3n) is 3.30. The topological polar surface area (TPSA) is 49.8 Å². The van der Waals surface area contributed by atoms with Gasteiger partial charge in [0.15, 0.2) is 0 Å². The fraction of sp³-hybridized carbons (Fsp3) is 0.188. The molecule has 1 N–H and O–H groups in total. The molecular formula is C16H13BrClF2NO3. The Balaban J connectivity index is 2.41. The van der Waals surface area contributed by atoms with Crippen molar-refractivity contribution < 1.29 is 23.4 Å². The van der Waals surface area contributed by atoms with Gasteiger partial charge < -0.3 is 9.84 Å². The zero-order chi connectivity index (χ0) is 17.9. The molecule has 1 amide bonds. The van der Waals surface area contributed by atoms with Crippen LogP contribution in [0.1, 0.15) is 17.6 Å². The van der Waals surface area contributed by atoms with E-state index < -0.39 is 12.5 Å². The molecular weight excluding hydrogens is 408 g/mol. The van der Waals surface area contributed by atoms with Gasteiger partial charge in [0.1, 0.15) is 5.75 Å². The standard InChI is InChI=1S/C16H13BrClF2NO3/c1-24-11-4-2-9(3-5-11)8-21(16(22)23)13-7-10(15(19)20)6-12(17)14(13)18/h2-7,15H,8H2,1H3,(H,22,23). The van der Waals surface area contributed by atoms with E-state index in [9.17, 15) is 18.7 Å². The molecule has 2 aromatic rings. The lowest BCUT2D eigenvalue weighted by molar-refractivity contribution is 0.151. The predicted octanol–water partition coefficient (Wildman–Crippen LogP) is 5.73. The number of halogens is 4. The van der Waals surface area contributed by atoms with E-state index in [0.717, 1.165) is 11.0 Å². The van der Waals surface area contributed by atoms with Crippen LogP contribution in [0, 0.1) is 0 Å². The number of rotatable bonds is 5. The normalized spacial score (nSPS) is 10.8. The van der Waals surface area contributed by atoms with Gasteiger partial charge in [-0.3, -0.25) is 4.90 Å². The molecule has 0 atom stereocenters. The molecule has 2 rings (SSSR count). The third kappa shape index (κ3) is 4.15. The first kappa shape index (κ1) is 18.5. The number of benzene rings is 2. The van der Waals surface area contributed by atoms with Gasteiger partial charge >= 0.3 is 6.09 Å². The summed E-state index contributed by atoms with van der Waals surface area (Å²) >= 11 is 9.19. The Morgan fingerprint density at radius 3 is 2.46 bits per heavy atom. The first-order valence-electron chi connectivity index (χ1n) is 6.74. The molecule has 8 heteroatoms. The van der Waals surface area contributed by atoms with Crippen LogP contribution in [0.5, 0.6) is 5.75 Å². The van der Waals surface area contributed by atoms with Crippen LogP contribution in [0.25, 0.3) is 0 Å². The highest BCUT2D eigenvalue weighted by atomic mass is 79.9. The number of anilines is 1. The van der Waals surface area contributed by atoms with Crippen LogP contribution < -0.4 is 9.64 Å². The van der Waals surface area contributed by atoms with Crippen LogP contribution >= 0.6 is 27.5 Å². The van der Waals surface area contributed by atoms with Crippen molar-refractivity contribution in [3.8, 4) is 5.75 Å². The van der Waals surface area contributed by atoms with Gasteiger partial charge in [-0.25, -0.2) is 13.6 Å². The van der Waals surface area contributed by atoms with E-state index in [1.807, 2.05) is 0 Å². The minimum Gasteiger partial charge on any atom is -0.497 e. The molecule has 24 heavy (non-hydrogen) atoms. The Bertz CT molecular complexity index is 741. The van der Waals surface area contributed by atoms with Crippen LogP contribution in [0.2, 0.25) is 5.02 Å². The second kappa shape index (κ2) is 7.81. The van der Waals surface area contributed by atoms with E-state index >= 15 is 0 Å². The van der Waals surface area contributed by atoms with Gasteiger partial charge in [0.2, 0.25) is 0 Å². The molecule has 0 bridgehead atoms. The Morgan fingerprint density at radius 2 is 1.96 bits per heavy atom. The van der Waals surface area contributed by atoms with Gasteiger partial charge in [-0.2, -0.15) is 0 Å². The van der Waals surface area contributed by atoms with Gasteiger partial charge in [0.25, 0.3) is 6.43 Å². The highest BCUT2D eigenvalue weighted by Gasteiger charge is 2.22. The van der Waals surface area contributed by atoms with Crippen molar-refractivity contribution in [3.05, 3.63) is 57.0 Å². The second-order valence-electron chi connectivity index (χ2n) is 4.85. The van der Waals surface area contributed by atoms with Crippen molar-refractivity contribution >= 4 is 39.3 Å². The minimum absolute atomic E-state index is 0.00957. The van der Waals surface area contributed by atoms with E-state index in [1.165, 1.54) is 13.2 Å². The van der Waals surface area contributed by atoms with Crippen LogP contribution in [0.15, 0.2) is 40.9 Å². The van der Waals surface area contributed by atoms with Gasteiger partial charge in [0, 0.05) is 10.0 Å². The molecule has 0 saturated heterocycles. The smallest absolute Gasteiger partial charge is 0.412 e. The Hall–Kier alpha value is -1.86. The maximum absolute atomic E-state index is 13.0. The van der Waals surface area contributed by atoms with Crippen LogP contribution in [-0.4, -0.2) is 18.3 Å². The largest absolute Gasteiger partial charge is 0.497 e. The summed E-state index contributed by atoms with van der Waals surface area (Å²) in [6.07, 6.45) is -4.04. The third-order valence-corrected chi connectivity index (χ3v) is 4.56. The van der Waals surface area contributed by atoms with Gasteiger partial charge in [-0.05, 0) is 45.8 Å². The maximum Gasteiger partial charge on any atom is 0.412 e. The first-order valence-corrected chi connectivity index (χ1v) is 7.91. The summed E-state index contributed by atoms with van der Waals surface area (Å²) in [6, 6.07) is 8.99. The second-order valence-corrected chi connectivity index (χ2v) is 6.09. The number of carboxylic acid groups (broad SMARTS) is 1. The molecule has 2 aromatic carbocycles. The van der Waals surface area contributed by atoms with E-state index in [0.29, 0.717) is 11.3 Å². The predicted molar refractivity (Wildman–Crippen MR) is 91.3 cm³/mol. The number of nitrogens with zero attached hydrogens (tertiary/aromatic N) is 1. The number of alkyl halides is 2. The molecule has 4 nitrogen and oxygen atoms in total. The first-order chi connectivity index (χ1) is 11.3. The summed E-state index contributed by atoms with van der Waals surface area (Å²) in [5, 5.41) is 9.52. The van der Waals surface area contributed by atoms with Crippen LogP contribution in [0.3, 0.4) is 0 Å². The number of carbonyl (C=O) groups is 1. The van der Waals surface area contributed by atoms with Crippen molar-refractivity contribution in [1.29, 1.82) is 0 Å². The molecule has 0 aliphatic rings. The summed E-state index contributed by atoms with van der Waals surface area (Å²) in [5.74, 6) is 0.626. The molecule has 0 aromatic heterocycles. The number of hydrogen-bond acceptors (Lipinski definition) is 2. The van der Waals surface area contributed by atoms with Crippen LogP contribution in [-0.2, 0) is 6.54 Å². The Morgan fingerprint density at radius 1 is 1.33 bits per heavy atom. The lowest BCUT2D eigenvalue weighted by atomic mass is 10.1. The summed E-state index contributed by atoms with van der Waals surface area (Å²) < 4.78 is 31.2. The number of ether oxygens (including phenoxy) is 1. The lowest BCUT2D eigenvalue weighted by Gasteiger charge is -2.22. The molecule has 0 aliphatic heterocycles. The Kier molecular flexibility index (Phi) is 6.01. The fourth-order valence-electron chi connectivity index (χ4n) is 2.09. The van der Waals surface area contributed by atoms with Crippen molar-refractivity contribution in [3.63, 3.8) is 0 Å². The van der Waals surface area contributed by atoms with Crippen LogP contribution in [0.4, 0.5) is 19.3 Å². The van der Waals surface area contributed by atoms with Gasteiger partial charge in [0.05, 0.1) is 24.4 Å². The summed E-state index contributed by atoms with van der Waals surface area (Å²) in [5.41, 5.74) is 0.333. The van der Waals surface area contributed by atoms with E-state index in [1.54, 1.807) is 24.3 Å².